The highest BCUT2D eigenvalue weighted by molar-refractivity contribution is 5.95. The summed E-state index contributed by atoms with van der Waals surface area (Å²) in [4.78, 5) is 21.3. The van der Waals surface area contributed by atoms with Gasteiger partial charge >= 0.3 is 0 Å². The second kappa shape index (κ2) is 3.79. The van der Waals surface area contributed by atoms with E-state index in [1.807, 2.05) is 0 Å². The van der Waals surface area contributed by atoms with Crippen molar-refractivity contribution in [2.24, 2.45) is 0 Å². The van der Waals surface area contributed by atoms with E-state index >= 15 is 0 Å². The van der Waals surface area contributed by atoms with Crippen LogP contribution in [0.15, 0.2) is 12.1 Å². The Morgan fingerprint density at radius 3 is 2.64 bits per heavy atom. The zero-order valence-corrected chi connectivity index (χ0v) is 7.37. The molecule has 0 bridgehead atoms. The maximum Gasteiger partial charge on any atom is 0.159 e. The molecular formula is C10H6FNO2. The summed E-state index contributed by atoms with van der Waals surface area (Å²) in [6, 6.07) is 3.81. The highest BCUT2D eigenvalue weighted by atomic mass is 19.1. The first-order chi connectivity index (χ1) is 6.60. The maximum atomic E-state index is 13.1. The minimum absolute atomic E-state index is 0.0876. The second-order valence-electron chi connectivity index (χ2n) is 2.71. The smallest absolute Gasteiger partial charge is 0.159 e. The minimum Gasteiger partial charge on any atom is -0.298 e. The van der Waals surface area contributed by atoms with Crippen LogP contribution >= 0.6 is 0 Å². The van der Waals surface area contributed by atoms with Crippen molar-refractivity contribution in [1.29, 1.82) is 5.26 Å². The van der Waals surface area contributed by atoms with E-state index in [0.717, 1.165) is 6.07 Å². The van der Waals surface area contributed by atoms with Gasteiger partial charge in [0.15, 0.2) is 12.1 Å². The Kier molecular flexibility index (Phi) is 2.73. The third-order valence-corrected chi connectivity index (χ3v) is 1.77. The first kappa shape index (κ1) is 10.1. The van der Waals surface area contributed by atoms with Gasteiger partial charge in [0.1, 0.15) is 11.9 Å². The Labute approximate surface area is 79.8 Å². The number of halogens is 1. The van der Waals surface area contributed by atoms with Crippen molar-refractivity contribution in [3.05, 3.63) is 34.6 Å². The van der Waals surface area contributed by atoms with Crippen LogP contribution in [0.3, 0.4) is 0 Å². The van der Waals surface area contributed by atoms with Gasteiger partial charge in [0.05, 0.1) is 11.1 Å². The lowest BCUT2D eigenvalue weighted by Gasteiger charge is -2.00. The molecule has 0 fully saturated rings. The Bertz CT molecular complexity index is 446. The first-order valence-corrected chi connectivity index (χ1v) is 3.80. The maximum absolute atomic E-state index is 13.1. The molecule has 0 atom stereocenters. The SMILES string of the molecule is CC(=O)c1cc(F)c(C=O)c(C#N)c1. The van der Waals surface area contributed by atoms with Crippen molar-refractivity contribution in [1.82, 2.24) is 0 Å². The second-order valence-corrected chi connectivity index (χ2v) is 2.71. The number of carbonyl (C=O) groups is 2. The van der Waals surface area contributed by atoms with E-state index in [1.165, 1.54) is 13.0 Å². The van der Waals surface area contributed by atoms with Crippen LogP contribution < -0.4 is 0 Å². The number of hydrogen-bond donors (Lipinski definition) is 0. The van der Waals surface area contributed by atoms with E-state index in [4.69, 9.17) is 5.26 Å². The summed E-state index contributed by atoms with van der Waals surface area (Å²) in [6.45, 7) is 1.26. The standard InChI is InChI=1S/C10H6FNO2/c1-6(14)7-2-8(4-12)9(5-13)10(11)3-7/h2-3,5H,1H3. The molecule has 3 nitrogen and oxygen atoms in total. The lowest BCUT2D eigenvalue weighted by molar-refractivity contribution is 0.101. The van der Waals surface area contributed by atoms with Crippen molar-refractivity contribution in [2.75, 3.05) is 0 Å². The number of nitrogens with zero attached hydrogens (tertiary/aromatic N) is 1. The molecule has 0 aliphatic rings. The number of ketones is 1. The first-order valence-electron chi connectivity index (χ1n) is 3.80. The molecule has 14 heavy (non-hydrogen) atoms. The molecular weight excluding hydrogens is 185 g/mol. The Morgan fingerprint density at radius 1 is 1.57 bits per heavy atom. The summed E-state index contributed by atoms with van der Waals surface area (Å²) in [5, 5.41) is 8.59. The normalized spacial score (nSPS) is 9.21. The van der Waals surface area contributed by atoms with Crippen LogP contribution in [0.2, 0.25) is 0 Å². The molecule has 0 saturated carbocycles. The van der Waals surface area contributed by atoms with E-state index in [1.54, 1.807) is 6.07 Å². The van der Waals surface area contributed by atoms with Gasteiger partial charge in [-0.05, 0) is 19.1 Å². The fraction of sp³-hybridized carbons (Fsp3) is 0.100. The van der Waals surface area contributed by atoms with Crippen LogP contribution in [0.25, 0.3) is 0 Å². The number of benzene rings is 1. The zero-order chi connectivity index (χ0) is 10.7. The molecule has 1 rings (SSSR count). The fourth-order valence-corrected chi connectivity index (χ4v) is 1.03. The number of rotatable bonds is 2. The van der Waals surface area contributed by atoms with Crippen LogP contribution in [-0.2, 0) is 0 Å². The summed E-state index contributed by atoms with van der Waals surface area (Å²) >= 11 is 0. The minimum atomic E-state index is -0.843. The summed E-state index contributed by atoms with van der Waals surface area (Å²) in [5.74, 6) is -1.19. The van der Waals surface area contributed by atoms with E-state index in [-0.39, 0.29) is 28.8 Å². The van der Waals surface area contributed by atoms with Crippen molar-refractivity contribution in [3.8, 4) is 6.07 Å². The van der Waals surface area contributed by atoms with E-state index in [9.17, 15) is 14.0 Å². The van der Waals surface area contributed by atoms with E-state index in [2.05, 4.69) is 0 Å². The fourth-order valence-electron chi connectivity index (χ4n) is 1.03. The molecule has 0 aliphatic heterocycles. The molecule has 0 unspecified atom stereocenters. The van der Waals surface area contributed by atoms with Gasteiger partial charge in [-0.25, -0.2) is 4.39 Å². The Hall–Kier alpha value is -2.02. The molecule has 1 aromatic carbocycles. The third-order valence-electron chi connectivity index (χ3n) is 1.77. The van der Waals surface area contributed by atoms with Gasteiger partial charge in [0, 0.05) is 5.56 Å². The summed E-state index contributed by atoms with van der Waals surface area (Å²) in [5.41, 5.74) is -0.340. The number of Topliss-reactive ketones (excluding diaryl/α,β-unsaturated/α-hetero) is 1. The lowest BCUT2D eigenvalue weighted by Crippen LogP contribution is -2.00. The summed E-state index contributed by atoms with van der Waals surface area (Å²) in [6.07, 6.45) is 0.262. The monoisotopic (exact) mass is 191 g/mol. The molecule has 70 valence electrons. The number of carbonyl (C=O) groups excluding carboxylic acids is 2. The number of hydrogen-bond acceptors (Lipinski definition) is 3. The van der Waals surface area contributed by atoms with Crippen molar-refractivity contribution >= 4 is 12.1 Å². The molecule has 0 saturated heterocycles. The van der Waals surface area contributed by atoms with Crippen molar-refractivity contribution < 1.29 is 14.0 Å². The predicted octanol–water partition coefficient (Wildman–Crippen LogP) is 1.71. The molecule has 1 aromatic rings. The van der Waals surface area contributed by atoms with Crippen LogP contribution in [0.5, 0.6) is 0 Å². The van der Waals surface area contributed by atoms with Gasteiger partial charge in [-0.1, -0.05) is 0 Å². The van der Waals surface area contributed by atoms with Crippen molar-refractivity contribution in [3.63, 3.8) is 0 Å². The van der Waals surface area contributed by atoms with Crippen LogP contribution in [0, 0.1) is 17.1 Å². The number of nitriles is 1. The molecule has 0 amide bonds. The summed E-state index contributed by atoms with van der Waals surface area (Å²) < 4.78 is 13.1. The van der Waals surface area contributed by atoms with E-state index < -0.39 is 5.82 Å². The average Bonchev–Trinajstić information content (AvgIpc) is 2.16. The van der Waals surface area contributed by atoms with Gasteiger partial charge < -0.3 is 0 Å². The van der Waals surface area contributed by atoms with Gasteiger partial charge in [0.2, 0.25) is 0 Å². The molecule has 0 spiro atoms. The molecule has 0 heterocycles. The Morgan fingerprint density at radius 2 is 2.21 bits per heavy atom. The van der Waals surface area contributed by atoms with Gasteiger partial charge in [-0.3, -0.25) is 9.59 Å². The quantitative estimate of drug-likeness (QED) is 0.528. The van der Waals surface area contributed by atoms with Crippen LogP contribution in [0.1, 0.15) is 33.2 Å². The van der Waals surface area contributed by atoms with Gasteiger partial charge in [0.25, 0.3) is 0 Å². The van der Waals surface area contributed by atoms with Crippen LogP contribution in [-0.4, -0.2) is 12.1 Å². The zero-order valence-electron chi connectivity index (χ0n) is 7.37. The molecule has 4 heteroatoms. The van der Waals surface area contributed by atoms with Crippen molar-refractivity contribution in [2.45, 2.75) is 6.92 Å². The average molecular weight is 191 g/mol. The molecule has 0 radical (unpaired) electrons. The van der Waals surface area contributed by atoms with Gasteiger partial charge in [-0.2, -0.15) is 5.26 Å². The molecule has 0 aromatic heterocycles. The molecule has 0 N–H and O–H groups in total. The topological polar surface area (TPSA) is 57.9 Å². The highest BCUT2D eigenvalue weighted by Gasteiger charge is 2.11. The van der Waals surface area contributed by atoms with Gasteiger partial charge in [-0.15, -0.1) is 0 Å². The molecule has 0 aliphatic carbocycles. The number of aldehydes is 1. The van der Waals surface area contributed by atoms with Crippen LogP contribution in [0.4, 0.5) is 4.39 Å². The highest BCUT2D eigenvalue weighted by Crippen LogP contribution is 2.14. The predicted molar refractivity (Wildman–Crippen MR) is 46.5 cm³/mol. The largest absolute Gasteiger partial charge is 0.298 e. The Balaban J connectivity index is 3.48. The summed E-state index contributed by atoms with van der Waals surface area (Å²) in [7, 11) is 0. The lowest BCUT2D eigenvalue weighted by atomic mass is 10.0. The van der Waals surface area contributed by atoms with E-state index in [0.29, 0.717) is 0 Å². The third kappa shape index (κ3) is 1.67.